The van der Waals surface area contributed by atoms with Crippen molar-refractivity contribution in [2.45, 2.75) is 25.8 Å². The van der Waals surface area contributed by atoms with E-state index in [-0.39, 0.29) is 21.0 Å². The van der Waals surface area contributed by atoms with Gasteiger partial charge in [-0.1, -0.05) is 17.7 Å². The van der Waals surface area contributed by atoms with Crippen molar-refractivity contribution < 1.29 is 26.3 Å². The second-order valence-electron chi connectivity index (χ2n) is 4.72. The number of aryl methyl sites for hydroxylation is 1. The van der Waals surface area contributed by atoms with Crippen LogP contribution in [-0.4, -0.2) is 14.8 Å². The number of nitrogens with two attached hydrogens (primary N) is 1. The van der Waals surface area contributed by atoms with E-state index in [0.29, 0.717) is 5.56 Å². The van der Waals surface area contributed by atoms with Crippen LogP contribution < -0.4 is 5.73 Å². The molecule has 0 spiro atoms. The average Bonchev–Trinajstić information content (AvgIpc) is 2.79. The van der Waals surface area contributed by atoms with Gasteiger partial charge < -0.3 is 5.73 Å². The van der Waals surface area contributed by atoms with Gasteiger partial charge in [0.25, 0.3) is 5.82 Å². The van der Waals surface area contributed by atoms with Crippen molar-refractivity contribution in [3.8, 4) is 0 Å². The summed E-state index contributed by atoms with van der Waals surface area (Å²) in [6, 6.07) is 2.68. The molecule has 0 amide bonds. The minimum Gasteiger partial charge on any atom is -0.397 e. The summed E-state index contributed by atoms with van der Waals surface area (Å²) in [6.45, 7) is 0.983. The molecule has 23 heavy (non-hydrogen) atoms. The van der Waals surface area contributed by atoms with Gasteiger partial charge in [0.2, 0.25) is 5.82 Å². The molecule has 0 bridgehead atoms. The minimum atomic E-state index is -5.08. The molecule has 2 N–H and O–H groups in total. The van der Waals surface area contributed by atoms with E-state index in [9.17, 15) is 26.3 Å². The van der Waals surface area contributed by atoms with Crippen LogP contribution in [0.2, 0.25) is 5.02 Å². The molecule has 0 fully saturated rings. The Labute approximate surface area is 130 Å². The Bertz CT molecular complexity index is 711. The number of nitrogens with zero attached hydrogens (tertiary/aromatic N) is 3. The van der Waals surface area contributed by atoms with Gasteiger partial charge in [0.1, 0.15) is 0 Å². The van der Waals surface area contributed by atoms with Gasteiger partial charge in [-0.25, -0.2) is 4.68 Å². The Morgan fingerprint density at radius 3 is 2.22 bits per heavy atom. The number of hydrogen-bond donors (Lipinski definition) is 1. The van der Waals surface area contributed by atoms with Crippen LogP contribution in [0.1, 0.15) is 22.8 Å². The summed E-state index contributed by atoms with van der Waals surface area (Å²) in [7, 11) is 0. The van der Waals surface area contributed by atoms with Gasteiger partial charge in [-0.3, -0.25) is 0 Å². The van der Waals surface area contributed by atoms with E-state index in [0.717, 1.165) is 0 Å². The van der Waals surface area contributed by atoms with Crippen molar-refractivity contribution >= 4 is 17.3 Å². The first-order valence-electron chi connectivity index (χ1n) is 6.03. The molecule has 4 nitrogen and oxygen atoms in total. The van der Waals surface area contributed by atoms with Crippen LogP contribution in [0.25, 0.3) is 0 Å². The standard InChI is InChI=1S/C12H9ClF6N4/c1-5-2-6(3-7(13)8(5)20)4-23-10(12(17,18)19)21-9(22-23)11(14,15)16/h2-3H,4,20H2,1H3. The number of benzene rings is 1. The van der Waals surface area contributed by atoms with E-state index in [1.165, 1.54) is 12.1 Å². The second kappa shape index (κ2) is 5.59. The van der Waals surface area contributed by atoms with Gasteiger partial charge in [-0.2, -0.15) is 31.3 Å². The molecule has 11 heteroatoms. The van der Waals surface area contributed by atoms with E-state index in [2.05, 4.69) is 10.1 Å². The summed E-state index contributed by atoms with van der Waals surface area (Å²) in [6.07, 6.45) is -10.2. The summed E-state index contributed by atoms with van der Waals surface area (Å²) in [5, 5.41) is 3.00. The molecule has 0 aliphatic carbocycles. The normalized spacial score (nSPS) is 12.7. The third-order valence-corrected chi connectivity index (χ3v) is 3.22. The fraction of sp³-hybridized carbons (Fsp3) is 0.333. The monoisotopic (exact) mass is 358 g/mol. The SMILES string of the molecule is Cc1cc(Cn2nc(C(F)(F)F)nc2C(F)(F)F)cc(Cl)c1N. The van der Waals surface area contributed by atoms with E-state index in [4.69, 9.17) is 17.3 Å². The Morgan fingerprint density at radius 2 is 1.74 bits per heavy atom. The largest absolute Gasteiger partial charge is 0.453 e. The Morgan fingerprint density at radius 1 is 1.13 bits per heavy atom. The van der Waals surface area contributed by atoms with Gasteiger partial charge in [-0.15, -0.1) is 5.10 Å². The van der Waals surface area contributed by atoms with Gasteiger partial charge in [-0.05, 0) is 24.1 Å². The molecular weight excluding hydrogens is 350 g/mol. The van der Waals surface area contributed by atoms with Crippen LogP contribution in [0.3, 0.4) is 0 Å². The van der Waals surface area contributed by atoms with Crippen LogP contribution in [0.4, 0.5) is 32.0 Å². The predicted octanol–water partition coefficient (Wildman–Crippen LogP) is 3.91. The van der Waals surface area contributed by atoms with Crippen molar-refractivity contribution in [1.29, 1.82) is 0 Å². The highest BCUT2D eigenvalue weighted by Gasteiger charge is 2.43. The zero-order valence-electron chi connectivity index (χ0n) is 11.4. The maximum absolute atomic E-state index is 12.8. The average molecular weight is 359 g/mol. The Balaban J connectivity index is 2.49. The summed E-state index contributed by atoms with van der Waals surface area (Å²) < 4.78 is 76.3. The number of aromatic nitrogens is 3. The first kappa shape index (κ1) is 17.4. The van der Waals surface area contributed by atoms with Crippen LogP contribution >= 0.6 is 11.6 Å². The molecule has 0 aliphatic heterocycles. The Kier molecular flexibility index (Phi) is 4.22. The molecule has 2 rings (SSSR count). The van der Waals surface area contributed by atoms with Crippen molar-refractivity contribution in [2.24, 2.45) is 0 Å². The quantitative estimate of drug-likeness (QED) is 0.654. The number of rotatable bonds is 2. The summed E-state index contributed by atoms with van der Waals surface area (Å²) in [5.74, 6) is -3.60. The zero-order valence-corrected chi connectivity index (χ0v) is 12.2. The third-order valence-electron chi connectivity index (χ3n) is 2.91. The van der Waals surface area contributed by atoms with Crippen molar-refractivity contribution in [3.05, 3.63) is 39.9 Å². The van der Waals surface area contributed by atoms with Crippen molar-refractivity contribution in [1.82, 2.24) is 14.8 Å². The van der Waals surface area contributed by atoms with Gasteiger partial charge in [0, 0.05) is 0 Å². The van der Waals surface area contributed by atoms with Gasteiger partial charge in [0.15, 0.2) is 0 Å². The molecule has 0 unspecified atom stereocenters. The highest BCUT2D eigenvalue weighted by Crippen LogP contribution is 2.33. The molecule has 126 valence electrons. The summed E-state index contributed by atoms with van der Waals surface area (Å²) in [4.78, 5) is 2.56. The van der Waals surface area contributed by atoms with Crippen molar-refractivity contribution in [3.63, 3.8) is 0 Å². The van der Waals surface area contributed by atoms with Crippen LogP contribution in [0, 0.1) is 6.92 Å². The lowest BCUT2D eigenvalue weighted by molar-refractivity contribution is -0.150. The van der Waals surface area contributed by atoms with Gasteiger partial charge >= 0.3 is 12.4 Å². The minimum absolute atomic E-state index is 0.0877. The Hall–Kier alpha value is -1.97. The number of anilines is 1. The molecular formula is C12H9ClF6N4. The molecule has 0 atom stereocenters. The first-order valence-corrected chi connectivity index (χ1v) is 6.41. The molecule has 2 aromatic rings. The molecule has 1 heterocycles. The highest BCUT2D eigenvalue weighted by molar-refractivity contribution is 6.33. The maximum atomic E-state index is 12.8. The van der Waals surface area contributed by atoms with Crippen molar-refractivity contribution in [2.75, 3.05) is 5.73 Å². The second-order valence-corrected chi connectivity index (χ2v) is 5.13. The number of hydrogen-bond acceptors (Lipinski definition) is 3. The van der Waals surface area contributed by atoms with Crippen LogP contribution in [-0.2, 0) is 18.9 Å². The number of nitrogen functional groups attached to an aromatic ring is 1. The van der Waals surface area contributed by atoms with E-state index in [1.807, 2.05) is 0 Å². The number of alkyl halides is 6. The summed E-state index contributed by atoms with van der Waals surface area (Å²) in [5.41, 5.74) is 6.54. The van der Waals surface area contributed by atoms with Gasteiger partial charge in [0.05, 0.1) is 17.3 Å². The number of halogens is 7. The topological polar surface area (TPSA) is 56.7 Å². The third kappa shape index (κ3) is 3.69. The van der Waals surface area contributed by atoms with E-state index in [1.54, 1.807) is 6.92 Å². The van der Waals surface area contributed by atoms with Crippen LogP contribution in [0.5, 0.6) is 0 Å². The molecule has 0 radical (unpaired) electrons. The van der Waals surface area contributed by atoms with E-state index < -0.39 is 30.5 Å². The smallest absolute Gasteiger partial charge is 0.397 e. The van der Waals surface area contributed by atoms with E-state index >= 15 is 0 Å². The lowest BCUT2D eigenvalue weighted by Crippen LogP contribution is -2.16. The molecule has 1 aromatic carbocycles. The lowest BCUT2D eigenvalue weighted by atomic mass is 10.1. The first-order chi connectivity index (χ1) is 10.4. The van der Waals surface area contributed by atoms with Crippen LogP contribution in [0.15, 0.2) is 12.1 Å². The lowest BCUT2D eigenvalue weighted by Gasteiger charge is -2.11. The summed E-state index contributed by atoms with van der Waals surface area (Å²) >= 11 is 5.82. The molecule has 0 saturated carbocycles. The molecule has 1 aromatic heterocycles. The highest BCUT2D eigenvalue weighted by atomic mass is 35.5. The fourth-order valence-corrected chi connectivity index (χ4v) is 2.16. The fourth-order valence-electron chi connectivity index (χ4n) is 1.87. The molecule has 0 saturated heterocycles. The predicted molar refractivity (Wildman–Crippen MR) is 69.7 cm³/mol. The molecule has 0 aliphatic rings. The zero-order chi connectivity index (χ0) is 17.6. The maximum Gasteiger partial charge on any atom is 0.453 e.